The van der Waals surface area contributed by atoms with Gasteiger partial charge in [0.05, 0.1) is 0 Å². The van der Waals surface area contributed by atoms with Crippen LogP contribution in [0.2, 0.25) is 0 Å². The smallest absolute Gasteiger partial charge is 0.166 e. The zero-order valence-electron chi connectivity index (χ0n) is 12.7. The van der Waals surface area contributed by atoms with Gasteiger partial charge in [-0.15, -0.1) is 0 Å². The third-order valence-electron chi connectivity index (χ3n) is 3.65. The summed E-state index contributed by atoms with van der Waals surface area (Å²) in [6, 6.07) is 15.0. The fourth-order valence-corrected chi connectivity index (χ4v) is 2.23. The lowest BCUT2D eigenvalue weighted by molar-refractivity contribution is 0.0863. The molecule has 108 valence electrons. The van der Waals surface area contributed by atoms with Gasteiger partial charge in [-0.05, 0) is 13.8 Å². The summed E-state index contributed by atoms with van der Waals surface area (Å²) >= 11 is 0. The van der Waals surface area contributed by atoms with Crippen molar-refractivity contribution in [3.05, 3.63) is 70.8 Å². The lowest BCUT2D eigenvalue weighted by Gasteiger charge is -2.10. The summed E-state index contributed by atoms with van der Waals surface area (Å²) < 4.78 is 0. The maximum absolute atomic E-state index is 12.3. The lowest BCUT2D eigenvalue weighted by atomic mass is 9.92. The van der Waals surface area contributed by atoms with E-state index in [1.165, 1.54) is 0 Å². The maximum atomic E-state index is 12.3. The van der Waals surface area contributed by atoms with E-state index in [-0.39, 0.29) is 23.9 Å². The Hall–Kier alpha value is -2.22. The third-order valence-corrected chi connectivity index (χ3v) is 3.65. The Kier molecular flexibility index (Phi) is 4.69. The number of ketones is 2. The molecule has 0 saturated carbocycles. The summed E-state index contributed by atoms with van der Waals surface area (Å²) in [5, 5.41) is 0. The second-order valence-electron chi connectivity index (χ2n) is 5.62. The SMILES string of the molecule is Cc1ccc(C(=O)CC(C)C(=O)c2ccc(C)cc2)cc1. The third kappa shape index (κ3) is 3.88. The molecule has 0 saturated heterocycles. The highest BCUT2D eigenvalue weighted by Gasteiger charge is 2.19. The van der Waals surface area contributed by atoms with Gasteiger partial charge in [0.2, 0.25) is 0 Å². The molecule has 0 aliphatic rings. The zero-order chi connectivity index (χ0) is 15.4. The monoisotopic (exact) mass is 280 g/mol. The Morgan fingerprint density at radius 3 is 1.71 bits per heavy atom. The Morgan fingerprint density at radius 2 is 1.24 bits per heavy atom. The topological polar surface area (TPSA) is 34.1 Å². The van der Waals surface area contributed by atoms with Crippen molar-refractivity contribution in [3.8, 4) is 0 Å². The first kappa shape index (κ1) is 15.2. The van der Waals surface area contributed by atoms with Gasteiger partial charge in [-0.1, -0.05) is 66.6 Å². The lowest BCUT2D eigenvalue weighted by Crippen LogP contribution is -2.16. The second-order valence-corrected chi connectivity index (χ2v) is 5.62. The molecule has 2 heteroatoms. The Bertz CT molecular complexity index is 636. The summed E-state index contributed by atoms with van der Waals surface area (Å²) in [6.45, 7) is 5.78. The van der Waals surface area contributed by atoms with Crippen molar-refractivity contribution in [1.29, 1.82) is 0 Å². The van der Waals surface area contributed by atoms with Crippen LogP contribution < -0.4 is 0 Å². The molecule has 0 aliphatic heterocycles. The first-order valence-electron chi connectivity index (χ1n) is 7.18. The van der Waals surface area contributed by atoms with Gasteiger partial charge in [0.1, 0.15) is 0 Å². The molecular weight excluding hydrogens is 260 g/mol. The number of hydrogen-bond donors (Lipinski definition) is 0. The van der Waals surface area contributed by atoms with Crippen LogP contribution in [-0.4, -0.2) is 11.6 Å². The van der Waals surface area contributed by atoms with E-state index >= 15 is 0 Å². The van der Waals surface area contributed by atoms with Crippen molar-refractivity contribution in [1.82, 2.24) is 0 Å². The van der Waals surface area contributed by atoms with Gasteiger partial charge in [0.25, 0.3) is 0 Å². The summed E-state index contributed by atoms with van der Waals surface area (Å²) in [5.74, 6) is -0.264. The highest BCUT2D eigenvalue weighted by atomic mass is 16.1. The number of rotatable bonds is 5. The van der Waals surface area contributed by atoms with Crippen LogP contribution in [0.3, 0.4) is 0 Å². The molecule has 2 nitrogen and oxygen atoms in total. The van der Waals surface area contributed by atoms with Gasteiger partial charge in [-0.3, -0.25) is 9.59 Å². The molecule has 0 fully saturated rings. The van der Waals surface area contributed by atoms with Crippen LogP contribution >= 0.6 is 0 Å². The van der Waals surface area contributed by atoms with E-state index in [1.807, 2.05) is 69.3 Å². The number of benzene rings is 2. The van der Waals surface area contributed by atoms with Crippen molar-refractivity contribution >= 4 is 11.6 Å². The molecule has 0 radical (unpaired) electrons. The maximum Gasteiger partial charge on any atom is 0.166 e. The van der Waals surface area contributed by atoms with Crippen LogP contribution in [0.25, 0.3) is 0 Å². The van der Waals surface area contributed by atoms with Crippen LogP contribution in [0.15, 0.2) is 48.5 Å². The Labute approximate surface area is 125 Å². The minimum Gasteiger partial charge on any atom is -0.294 e. The quantitative estimate of drug-likeness (QED) is 0.761. The number of hydrogen-bond acceptors (Lipinski definition) is 2. The van der Waals surface area contributed by atoms with E-state index < -0.39 is 0 Å². The van der Waals surface area contributed by atoms with Gasteiger partial charge in [-0.2, -0.15) is 0 Å². The molecule has 1 unspecified atom stereocenters. The first-order chi connectivity index (χ1) is 9.97. The van der Waals surface area contributed by atoms with E-state index in [1.54, 1.807) is 0 Å². The highest BCUT2D eigenvalue weighted by Crippen LogP contribution is 2.16. The fraction of sp³-hybridized carbons (Fsp3) is 0.263. The fourth-order valence-electron chi connectivity index (χ4n) is 2.23. The molecule has 0 amide bonds. The summed E-state index contributed by atoms with van der Waals surface area (Å²) in [7, 11) is 0. The van der Waals surface area contributed by atoms with Crippen molar-refractivity contribution in [2.75, 3.05) is 0 Å². The number of Topliss-reactive ketones (excluding diaryl/α,β-unsaturated/α-hetero) is 2. The van der Waals surface area contributed by atoms with Crippen molar-refractivity contribution in [2.45, 2.75) is 27.2 Å². The van der Waals surface area contributed by atoms with E-state index in [0.29, 0.717) is 11.1 Å². The van der Waals surface area contributed by atoms with Crippen LogP contribution in [0.4, 0.5) is 0 Å². The van der Waals surface area contributed by atoms with E-state index in [0.717, 1.165) is 11.1 Å². The molecule has 0 N–H and O–H groups in total. The van der Waals surface area contributed by atoms with Gasteiger partial charge in [-0.25, -0.2) is 0 Å². The summed E-state index contributed by atoms with van der Waals surface area (Å²) in [4.78, 5) is 24.5. The molecule has 21 heavy (non-hydrogen) atoms. The van der Waals surface area contributed by atoms with E-state index in [9.17, 15) is 9.59 Å². The molecule has 2 rings (SSSR count). The standard InChI is InChI=1S/C19H20O2/c1-13-4-8-16(9-5-13)18(20)12-15(3)19(21)17-10-6-14(2)7-11-17/h4-11,15H,12H2,1-3H3. The average Bonchev–Trinajstić information content (AvgIpc) is 2.47. The average molecular weight is 280 g/mol. The van der Waals surface area contributed by atoms with Crippen LogP contribution in [-0.2, 0) is 0 Å². The van der Waals surface area contributed by atoms with Gasteiger partial charge in [0.15, 0.2) is 11.6 Å². The van der Waals surface area contributed by atoms with Gasteiger partial charge < -0.3 is 0 Å². The molecule has 1 atom stereocenters. The van der Waals surface area contributed by atoms with Crippen LogP contribution in [0, 0.1) is 19.8 Å². The van der Waals surface area contributed by atoms with Crippen LogP contribution in [0.5, 0.6) is 0 Å². The molecule has 2 aromatic carbocycles. The molecule has 0 heterocycles. The van der Waals surface area contributed by atoms with Crippen molar-refractivity contribution < 1.29 is 9.59 Å². The molecular formula is C19H20O2. The number of carbonyl (C=O) groups excluding carboxylic acids is 2. The zero-order valence-corrected chi connectivity index (χ0v) is 12.7. The molecule has 0 spiro atoms. The van der Waals surface area contributed by atoms with Gasteiger partial charge >= 0.3 is 0 Å². The predicted octanol–water partition coefficient (Wildman–Crippen LogP) is 4.40. The number of aryl methyl sites for hydroxylation is 2. The van der Waals surface area contributed by atoms with E-state index in [4.69, 9.17) is 0 Å². The molecule has 0 bridgehead atoms. The van der Waals surface area contributed by atoms with Crippen LogP contribution in [0.1, 0.15) is 45.2 Å². The molecule has 0 aliphatic carbocycles. The van der Waals surface area contributed by atoms with Crippen molar-refractivity contribution in [2.24, 2.45) is 5.92 Å². The normalized spacial score (nSPS) is 12.0. The minimum atomic E-state index is -0.304. The molecule has 0 aromatic heterocycles. The predicted molar refractivity (Wildman–Crippen MR) is 84.8 cm³/mol. The molecule has 2 aromatic rings. The Morgan fingerprint density at radius 1 is 0.810 bits per heavy atom. The largest absolute Gasteiger partial charge is 0.294 e. The second kappa shape index (κ2) is 6.49. The summed E-state index contributed by atoms with van der Waals surface area (Å²) in [6.07, 6.45) is 0.246. The van der Waals surface area contributed by atoms with E-state index in [2.05, 4.69) is 0 Å². The Balaban J connectivity index is 2.05. The highest BCUT2D eigenvalue weighted by molar-refractivity contribution is 6.03. The first-order valence-corrected chi connectivity index (χ1v) is 7.18. The minimum absolute atomic E-state index is 0.0166. The summed E-state index contributed by atoms with van der Waals surface area (Å²) in [5.41, 5.74) is 3.58. The van der Waals surface area contributed by atoms with Crippen molar-refractivity contribution in [3.63, 3.8) is 0 Å². The van der Waals surface area contributed by atoms with Gasteiger partial charge in [0, 0.05) is 23.5 Å². The number of carbonyl (C=O) groups is 2.